The minimum absolute atomic E-state index is 0.110. The number of benzene rings is 3. The monoisotopic (exact) mass is 513 g/mol. The van der Waals surface area contributed by atoms with Gasteiger partial charge in [0.25, 0.3) is 5.91 Å². The third-order valence-electron chi connectivity index (χ3n) is 5.75. The molecule has 38 heavy (non-hydrogen) atoms. The first-order valence-electron chi connectivity index (χ1n) is 11.6. The number of ether oxygens (including phenoxy) is 3. The van der Waals surface area contributed by atoms with E-state index in [0.717, 1.165) is 22.3 Å². The lowest BCUT2D eigenvalue weighted by Gasteiger charge is -2.18. The Balaban J connectivity index is 1.57. The Labute approximate surface area is 219 Å². The van der Waals surface area contributed by atoms with Crippen molar-refractivity contribution >= 4 is 23.6 Å². The summed E-state index contributed by atoms with van der Waals surface area (Å²) in [5.74, 6) is 0.519. The summed E-state index contributed by atoms with van der Waals surface area (Å²) in [6.45, 7) is -0.119. The number of nitrogen functional groups attached to an aromatic ring is 2. The zero-order valence-electron chi connectivity index (χ0n) is 20.9. The summed E-state index contributed by atoms with van der Waals surface area (Å²) in [5, 5.41) is 2.73. The molecule has 1 aromatic heterocycles. The van der Waals surface area contributed by atoms with Crippen molar-refractivity contribution in [3.63, 3.8) is 0 Å². The molecule has 3 aromatic carbocycles. The average molecular weight is 514 g/mol. The maximum atomic E-state index is 12.6. The molecule has 4 aromatic rings. The van der Waals surface area contributed by atoms with Gasteiger partial charge in [-0.1, -0.05) is 30.3 Å². The van der Waals surface area contributed by atoms with Crippen LogP contribution in [0, 0.1) is 0 Å². The molecule has 4 rings (SSSR count). The van der Waals surface area contributed by atoms with Crippen LogP contribution in [-0.4, -0.2) is 42.8 Å². The van der Waals surface area contributed by atoms with Gasteiger partial charge in [0, 0.05) is 29.3 Å². The van der Waals surface area contributed by atoms with Crippen LogP contribution in [0.4, 0.5) is 11.8 Å². The quantitative estimate of drug-likeness (QED) is 0.226. The van der Waals surface area contributed by atoms with Crippen LogP contribution in [0.2, 0.25) is 0 Å². The fraction of sp³-hybridized carbons (Fsp3) is 0.143. The molecule has 10 heteroatoms. The number of methoxy groups -OCH3 is 2. The van der Waals surface area contributed by atoms with Gasteiger partial charge in [0.05, 0.1) is 19.8 Å². The van der Waals surface area contributed by atoms with Gasteiger partial charge >= 0.3 is 5.97 Å². The molecular formula is C28H27N5O5. The van der Waals surface area contributed by atoms with Crippen LogP contribution in [0.25, 0.3) is 11.1 Å². The van der Waals surface area contributed by atoms with E-state index in [1.165, 1.54) is 19.2 Å². The van der Waals surface area contributed by atoms with Crippen molar-refractivity contribution in [3.05, 3.63) is 95.2 Å². The zero-order chi connectivity index (χ0) is 27.1. The molecule has 0 aliphatic heterocycles. The second kappa shape index (κ2) is 11.7. The number of esters is 1. The molecular weight excluding hydrogens is 486 g/mol. The number of anilines is 2. The molecule has 1 heterocycles. The second-order valence-corrected chi connectivity index (χ2v) is 8.22. The summed E-state index contributed by atoms with van der Waals surface area (Å²) in [4.78, 5) is 32.3. The lowest BCUT2D eigenvalue weighted by atomic mass is 9.98. The predicted octanol–water partition coefficient (Wildman–Crippen LogP) is 3.46. The summed E-state index contributed by atoms with van der Waals surface area (Å²) in [7, 11) is 2.84. The van der Waals surface area contributed by atoms with E-state index in [1.54, 1.807) is 25.4 Å². The van der Waals surface area contributed by atoms with Crippen LogP contribution in [0.15, 0.2) is 72.9 Å². The first-order chi connectivity index (χ1) is 18.4. The topological polar surface area (TPSA) is 152 Å². The van der Waals surface area contributed by atoms with Gasteiger partial charge in [-0.3, -0.25) is 4.79 Å². The maximum Gasteiger partial charge on any atom is 0.337 e. The van der Waals surface area contributed by atoms with Crippen molar-refractivity contribution in [2.24, 2.45) is 0 Å². The average Bonchev–Trinajstić information content (AvgIpc) is 2.94. The molecule has 0 aliphatic rings. The molecule has 0 saturated carbocycles. The van der Waals surface area contributed by atoms with Crippen molar-refractivity contribution in [3.8, 4) is 22.6 Å². The van der Waals surface area contributed by atoms with Gasteiger partial charge < -0.3 is 31.0 Å². The largest absolute Gasteiger partial charge is 0.493 e. The van der Waals surface area contributed by atoms with Crippen LogP contribution in [-0.2, 0) is 11.2 Å². The second-order valence-electron chi connectivity index (χ2n) is 8.22. The first kappa shape index (κ1) is 26.0. The Morgan fingerprint density at radius 3 is 2.32 bits per heavy atom. The highest BCUT2D eigenvalue weighted by Gasteiger charge is 2.17. The first-order valence-corrected chi connectivity index (χ1v) is 11.6. The number of rotatable bonds is 9. The van der Waals surface area contributed by atoms with Gasteiger partial charge in [0.15, 0.2) is 18.2 Å². The summed E-state index contributed by atoms with van der Waals surface area (Å²) in [6, 6.07) is 19.6. The lowest BCUT2D eigenvalue weighted by Crippen LogP contribution is -2.28. The van der Waals surface area contributed by atoms with E-state index in [2.05, 4.69) is 20.0 Å². The molecule has 0 fully saturated rings. The molecule has 0 spiro atoms. The van der Waals surface area contributed by atoms with Crippen LogP contribution in [0.3, 0.4) is 0 Å². The van der Waals surface area contributed by atoms with Gasteiger partial charge in [-0.05, 0) is 47.5 Å². The molecule has 0 atom stereocenters. The molecule has 0 unspecified atom stereocenters. The number of carbonyl (C=O) groups excluding carboxylic acids is 2. The number of nitrogens with zero attached hydrogens (tertiary/aromatic N) is 2. The van der Waals surface area contributed by atoms with E-state index < -0.39 is 5.97 Å². The molecule has 0 bridgehead atoms. The van der Waals surface area contributed by atoms with Crippen molar-refractivity contribution < 1.29 is 23.8 Å². The lowest BCUT2D eigenvalue weighted by molar-refractivity contribution is 0.0600. The molecule has 194 valence electrons. The van der Waals surface area contributed by atoms with Crippen molar-refractivity contribution in [1.82, 2.24) is 15.3 Å². The Bertz CT molecular complexity index is 1440. The van der Waals surface area contributed by atoms with Crippen LogP contribution >= 0.6 is 0 Å². The number of aromatic nitrogens is 2. The number of hydrogen-bond donors (Lipinski definition) is 3. The highest BCUT2D eigenvalue weighted by atomic mass is 16.5. The van der Waals surface area contributed by atoms with Crippen LogP contribution in [0.5, 0.6) is 11.5 Å². The molecule has 0 aliphatic carbocycles. The minimum Gasteiger partial charge on any atom is -0.493 e. The molecule has 1 amide bonds. The predicted molar refractivity (Wildman–Crippen MR) is 143 cm³/mol. The Morgan fingerprint density at radius 2 is 1.66 bits per heavy atom. The van der Waals surface area contributed by atoms with Crippen molar-refractivity contribution in [2.75, 3.05) is 32.4 Å². The molecule has 0 saturated heterocycles. The third kappa shape index (κ3) is 5.98. The van der Waals surface area contributed by atoms with Crippen LogP contribution < -0.4 is 26.3 Å². The molecule has 5 N–H and O–H groups in total. The number of nitrogens with two attached hydrogens (primary N) is 2. The molecule has 10 nitrogen and oxygen atoms in total. The van der Waals surface area contributed by atoms with E-state index in [9.17, 15) is 9.59 Å². The highest BCUT2D eigenvalue weighted by Crippen LogP contribution is 2.40. The normalized spacial score (nSPS) is 10.5. The Morgan fingerprint density at radius 1 is 0.947 bits per heavy atom. The van der Waals surface area contributed by atoms with Crippen molar-refractivity contribution in [1.29, 1.82) is 0 Å². The van der Waals surface area contributed by atoms with Crippen LogP contribution in [0.1, 0.15) is 31.8 Å². The summed E-state index contributed by atoms with van der Waals surface area (Å²) in [5.41, 5.74) is 15.7. The van der Waals surface area contributed by atoms with E-state index in [1.807, 2.05) is 42.5 Å². The smallest absolute Gasteiger partial charge is 0.337 e. The van der Waals surface area contributed by atoms with E-state index in [4.69, 9.17) is 20.9 Å². The van der Waals surface area contributed by atoms with E-state index in [-0.39, 0.29) is 18.6 Å². The van der Waals surface area contributed by atoms with E-state index in [0.29, 0.717) is 34.9 Å². The number of carbonyl (C=O) groups is 2. The highest BCUT2D eigenvalue weighted by molar-refractivity contribution is 5.96. The van der Waals surface area contributed by atoms with Gasteiger partial charge in [-0.25, -0.2) is 9.78 Å². The maximum absolute atomic E-state index is 12.6. The van der Waals surface area contributed by atoms with Gasteiger partial charge in [-0.2, -0.15) is 4.98 Å². The van der Waals surface area contributed by atoms with E-state index >= 15 is 0 Å². The summed E-state index contributed by atoms with van der Waals surface area (Å²) in [6.07, 6.45) is 2.05. The third-order valence-corrected chi connectivity index (χ3v) is 5.75. The SMILES string of the molecule is COC(=O)c1ccc(C(=O)NCOc2c(OC)cc(Cc3cnc(N)nc3N)cc2-c2ccccc2)cc1. The fourth-order valence-electron chi connectivity index (χ4n) is 3.84. The van der Waals surface area contributed by atoms with Crippen molar-refractivity contribution in [2.45, 2.75) is 6.42 Å². The Kier molecular flexibility index (Phi) is 8.02. The Hall–Kier alpha value is -5.12. The number of nitrogens with one attached hydrogen (secondary N) is 1. The van der Waals surface area contributed by atoms with Gasteiger partial charge in [0.2, 0.25) is 5.95 Å². The standard InChI is InChI=1S/C28H27N5O5/c1-36-23-14-17(12-21-15-31-28(30)33-25(21)29)13-22(18-6-4-3-5-7-18)24(23)38-16-32-26(34)19-8-10-20(11-9-19)27(35)37-2/h3-11,13-15H,12,16H2,1-2H3,(H,32,34)(H4,29,30,31,33). The number of amides is 1. The summed E-state index contributed by atoms with van der Waals surface area (Å²) >= 11 is 0. The van der Waals surface area contributed by atoms with Gasteiger partial charge in [-0.15, -0.1) is 0 Å². The van der Waals surface area contributed by atoms with Gasteiger partial charge in [0.1, 0.15) is 5.82 Å². The molecule has 0 radical (unpaired) electrons. The minimum atomic E-state index is -0.476. The summed E-state index contributed by atoms with van der Waals surface area (Å²) < 4.78 is 16.4. The number of hydrogen-bond acceptors (Lipinski definition) is 9. The zero-order valence-corrected chi connectivity index (χ0v) is 20.9. The fourth-order valence-corrected chi connectivity index (χ4v) is 3.84.